The van der Waals surface area contributed by atoms with Gasteiger partial charge in [-0.3, -0.25) is 9.58 Å². The molecule has 0 bridgehead atoms. The molecule has 0 aliphatic carbocycles. The van der Waals surface area contributed by atoms with Crippen molar-refractivity contribution in [1.29, 1.82) is 0 Å². The Morgan fingerprint density at radius 3 is 2.90 bits per heavy atom. The van der Waals surface area contributed by atoms with Gasteiger partial charge in [-0.25, -0.2) is 0 Å². The van der Waals surface area contributed by atoms with E-state index in [1.807, 2.05) is 6.92 Å². The van der Waals surface area contributed by atoms with Crippen LogP contribution < -0.4 is 0 Å². The fraction of sp³-hybridized carbons (Fsp3) is 0.562. The zero-order valence-electron chi connectivity index (χ0n) is 12.3. The molecular formula is C16H23N3O. The summed E-state index contributed by atoms with van der Waals surface area (Å²) in [6, 6.07) is 8.44. The van der Waals surface area contributed by atoms with Crippen molar-refractivity contribution in [2.24, 2.45) is 5.92 Å². The fourth-order valence-corrected chi connectivity index (χ4v) is 3.17. The van der Waals surface area contributed by atoms with E-state index in [9.17, 15) is 5.11 Å². The van der Waals surface area contributed by atoms with E-state index in [0.29, 0.717) is 5.92 Å². The predicted octanol–water partition coefficient (Wildman–Crippen LogP) is 2.26. The van der Waals surface area contributed by atoms with Crippen LogP contribution in [0.25, 0.3) is 10.9 Å². The lowest BCUT2D eigenvalue weighted by Gasteiger charge is -2.16. The van der Waals surface area contributed by atoms with Crippen LogP contribution in [0.3, 0.4) is 0 Å². The largest absolute Gasteiger partial charge is 0.393 e. The molecular weight excluding hydrogens is 250 g/mol. The third-order valence-electron chi connectivity index (χ3n) is 4.40. The quantitative estimate of drug-likeness (QED) is 0.929. The van der Waals surface area contributed by atoms with Crippen LogP contribution in [0.1, 0.15) is 26.0 Å². The second kappa shape index (κ2) is 5.54. The van der Waals surface area contributed by atoms with E-state index in [0.717, 1.165) is 38.3 Å². The highest BCUT2D eigenvalue weighted by Gasteiger charge is 2.26. The van der Waals surface area contributed by atoms with Gasteiger partial charge >= 0.3 is 0 Å². The number of hydrogen-bond donors (Lipinski definition) is 1. The Hall–Kier alpha value is -1.39. The second-order valence-corrected chi connectivity index (χ2v) is 5.80. The molecule has 1 aliphatic heterocycles. The van der Waals surface area contributed by atoms with E-state index < -0.39 is 0 Å². The van der Waals surface area contributed by atoms with E-state index in [4.69, 9.17) is 5.10 Å². The molecule has 2 heterocycles. The molecule has 1 fully saturated rings. The molecule has 4 heteroatoms. The van der Waals surface area contributed by atoms with Crippen LogP contribution in [-0.4, -0.2) is 39.0 Å². The zero-order valence-corrected chi connectivity index (χ0v) is 12.3. The Morgan fingerprint density at radius 1 is 1.40 bits per heavy atom. The minimum absolute atomic E-state index is 0.204. The zero-order chi connectivity index (χ0) is 14.1. The van der Waals surface area contributed by atoms with Gasteiger partial charge in [-0.2, -0.15) is 5.10 Å². The minimum Gasteiger partial charge on any atom is -0.393 e. The summed E-state index contributed by atoms with van der Waals surface area (Å²) in [4.78, 5) is 2.41. The van der Waals surface area contributed by atoms with Crippen LogP contribution in [0.15, 0.2) is 24.3 Å². The van der Waals surface area contributed by atoms with Gasteiger partial charge in [0, 0.05) is 25.0 Å². The maximum Gasteiger partial charge on any atom is 0.0843 e. The molecule has 1 aliphatic rings. The van der Waals surface area contributed by atoms with Crippen molar-refractivity contribution in [3.63, 3.8) is 0 Å². The second-order valence-electron chi connectivity index (χ2n) is 5.80. The first-order valence-corrected chi connectivity index (χ1v) is 7.54. The molecule has 2 aromatic rings. The Kier molecular flexibility index (Phi) is 3.76. The lowest BCUT2D eigenvalue weighted by Crippen LogP contribution is -2.24. The number of aromatic nitrogens is 2. The summed E-state index contributed by atoms with van der Waals surface area (Å²) in [5.41, 5.74) is 2.38. The molecule has 1 N–H and O–H groups in total. The Labute approximate surface area is 120 Å². The van der Waals surface area contributed by atoms with Crippen LogP contribution >= 0.6 is 0 Å². The normalized spacial score (nSPS) is 21.6. The fourth-order valence-electron chi connectivity index (χ4n) is 3.17. The molecule has 108 valence electrons. The smallest absolute Gasteiger partial charge is 0.0843 e. The van der Waals surface area contributed by atoms with Crippen LogP contribution in [0.2, 0.25) is 0 Å². The first-order valence-electron chi connectivity index (χ1n) is 7.54. The lowest BCUT2D eigenvalue weighted by molar-refractivity contribution is 0.127. The van der Waals surface area contributed by atoms with Gasteiger partial charge in [0.25, 0.3) is 0 Å². The summed E-state index contributed by atoms with van der Waals surface area (Å²) in [6.45, 7) is 7.85. The molecule has 0 spiro atoms. The third kappa shape index (κ3) is 2.45. The highest BCUT2D eigenvalue weighted by atomic mass is 16.3. The van der Waals surface area contributed by atoms with Crippen molar-refractivity contribution in [3.05, 3.63) is 30.0 Å². The summed E-state index contributed by atoms with van der Waals surface area (Å²) in [6.07, 6.45) is 0.884. The first-order chi connectivity index (χ1) is 9.69. The summed E-state index contributed by atoms with van der Waals surface area (Å²) in [5.74, 6) is 0.412. The van der Waals surface area contributed by atoms with Crippen molar-refractivity contribution >= 4 is 10.9 Å². The van der Waals surface area contributed by atoms with Gasteiger partial charge in [0.05, 0.1) is 17.3 Å². The Morgan fingerprint density at radius 2 is 2.20 bits per heavy atom. The number of fused-ring (bicyclic) bond motifs is 1. The highest BCUT2D eigenvalue weighted by molar-refractivity contribution is 5.81. The SMILES string of the molecule is CCn1nc(CN2CCC(C(C)O)C2)c2ccccc21. The third-order valence-corrected chi connectivity index (χ3v) is 4.40. The van der Waals surface area contributed by atoms with Crippen LogP contribution in [0.5, 0.6) is 0 Å². The Bertz CT molecular complexity index is 590. The van der Waals surface area contributed by atoms with Crippen LogP contribution in [0.4, 0.5) is 0 Å². The number of para-hydroxylation sites is 1. The molecule has 1 aromatic heterocycles. The molecule has 2 atom stereocenters. The van der Waals surface area contributed by atoms with Gasteiger partial charge in [0.1, 0.15) is 0 Å². The van der Waals surface area contributed by atoms with Gasteiger partial charge in [-0.15, -0.1) is 0 Å². The number of likely N-dealkylation sites (tertiary alicyclic amines) is 1. The number of aliphatic hydroxyl groups excluding tert-OH is 1. The van der Waals surface area contributed by atoms with E-state index in [1.165, 1.54) is 10.9 Å². The minimum atomic E-state index is -0.204. The van der Waals surface area contributed by atoms with Gasteiger partial charge < -0.3 is 5.11 Å². The van der Waals surface area contributed by atoms with Crippen molar-refractivity contribution in [2.45, 2.75) is 39.5 Å². The van der Waals surface area contributed by atoms with Crippen molar-refractivity contribution < 1.29 is 5.11 Å². The molecule has 4 nitrogen and oxygen atoms in total. The molecule has 20 heavy (non-hydrogen) atoms. The van der Waals surface area contributed by atoms with Crippen molar-refractivity contribution in [2.75, 3.05) is 13.1 Å². The van der Waals surface area contributed by atoms with E-state index >= 15 is 0 Å². The van der Waals surface area contributed by atoms with Crippen LogP contribution in [-0.2, 0) is 13.1 Å². The maximum absolute atomic E-state index is 9.70. The number of hydrogen-bond acceptors (Lipinski definition) is 3. The molecule has 0 saturated carbocycles. The summed E-state index contributed by atoms with van der Waals surface area (Å²) in [7, 11) is 0. The predicted molar refractivity (Wildman–Crippen MR) is 80.5 cm³/mol. The van der Waals surface area contributed by atoms with E-state index in [1.54, 1.807) is 0 Å². The van der Waals surface area contributed by atoms with Crippen molar-refractivity contribution in [1.82, 2.24) is 14.7 Å². The number of benzene rings is 1. The Balaban J connectivity index is 1.81. The van der Waals surface area contributed by atoms with Gasteiger partial charge in [-0.05, 0) is 38.8 Å². The number of aliphatic hydroxyl groups is 1. The molecule has 3 rings (SSSR count). The first kappa shape index (κ1) is 13.6. The summed E-state index contributed by atoms with van der Waals surface area (Å²) < 4.78 is 2.08. The summed E-state index contributed by atoms with van der Waals surface area (Å²) >= 11 is 0. The average molecular weight is 273 g/mol. The molecule has 1 saturated heterocycles. The average Bonchev–Trinajstić information content (AvgIpc) is 3.05. The molecule has 1 aromatic carbocycles. The molecule has 0 amide bonds. The van der Waals surface area contributed by atoms with Crippen LogP contribution in [0, 0.1) is 5.92 Å². The maximum atomic E-state index is 9.70. The van der Waals surface area contributed by atoms with Crippen molar-refractivity contribution in [3.8, 4) is 0 Å². The standard InChI is InChI=1S/C16H23N3O/c1-3-19-16-7-5-4-6-14(16)15(17-19)11-18-9-8-13(10-18)12(2)20/h4-7,12-13,20H,3,8-11H2,1-2H3. The number of nitrogens with zero attached hydrogens (tertiary/aromatic N) is 3. The lowest BCUT2D eigenvalue weighted by atomic mass is 10.0. The van der Waals surface area contributed by atoms with Gasteiger partial charge in [-0.1, -0.05) is 18.2 Å². The summed E-state index contributed by atoms with van der Waals surface area (Å²) in [5, 5.41) is 15.7. The highest BCUT2D eigenvalue weighted by Crippen LogP contribution is 2.24. The van der Waals surface area contributed by atoms with E-state index in [-0.39, 0.29) is 6.10 Å². The number of aryl methyl sites for hydroxylation is 1. The monoisotopic (exact) mass is 273 g/mol. The topological polar surface area (TPSA) is 41.3 Å². The van der Waals surface area contributed by atoms with Gasteiger partial charge in [0.2, 0.25) is 0 Å². The number of rotatable bonds is 4. The molecule has 0 radical (unpaired) electrons. The molecule has 2 unspecified atom stereocenters. The van der Waals surface area contributed by atoms with E-state index in [2.05, 4.69) is 40.8 Å². The van der Waals surface area contributed by atoms with Gasteiger partial charge in [0.15, 0.2) is 0 Å².